The van der Waals surface area contributed by atoms with Crippen molar-refractivity contribution in [2.45, 2.75) is 13.6 Å². The first-order valence-corrected chi connectivity index (χ1v) is 4.25. The predicted octanol–water partition coefficient (Wildman–Crippen LogP) is 2.61. The summed E-state index contributed by atoms with van der Waals surface area (Å²) in [6, 6.07) is 5.95. The van der Waals surface area contributed by atoms with Gasteiger partial charge in [0.05, 0.1) is 11.7 Å². The van der Waals surface area contributed by atoms with Crippen LogP contribution in [-0.2, 0) is 6.67 Å². The molecule has 1 aromatic carbocycles. The molecule has 0 aliphatic heterocycles. The summed E-state index contributed by atoms with van der Waals surface area (Å²) in [5.74, 6) is 0. The normalized spacial score (nSPS) is 10.1. The molecule has 5 nitrogen and oxygen atoms in total. The highest BCUT2D eigenvalue weighted by Gasteiger charge is 2.02. The highest BCUT2D eigenvalue weighted by Crippen LogP contribution is 2.17. The van der Waals surface area contributed by atoms with E-state index in [1.807, 2.05) is 25.1 Å². The largest absolute Gasteiger partial charge is 0.259 e. The lowest BCUT2D eigenvalue weighted by Gasteiger charge is -1.98. The minimum absolute atomic E-state index is 0.240. The average Bonchev–Trinajstić information content (AvgIpc) is 2.60. The van der Waals surface area contributed by atoms with Crippen LogP contribution in [0.2, 0.25) is 0 Å². The van der Waals surface area contributed by atoms with Gasteiger partial charge in [0.25, 0.3) is 0 Å². The Hall–Kier alpha value is -2.00. The number of rotatable bonds is 2. The fourth-order valence-electron chi connectivity index (χ4n) is 1.45. The average molecular weight is 187 g/mol. The molecule has 0 amide bonds. The Morgan fingerprint density at radius 2 is 2.43 bits per heavy atom. The molecule has 1 aromatic heterocycles. The van der Waals surface area contributed by atoms with Crippen molar-refractivity contribution in [3.63, 3.8) is 0 Å². The van der Waals surface area contributed by atoms with Crippen LogP contribution in [0.1, 0.15) is 5.56 Å². The van der Waals surface area contributed by atoms with E-state index in [0.29, 0.717) is 0 Å². The summed E-state index contributed by atoms with van der Waals surface area (Å²) in [6.07, 6.45) is 1.79. The number of aromatic nitrogens is 2. The quantitative estimate of drug-likeness (QED) is 0.404. The van der Waals surface area contributed by atoms with Crippen LogP contribution in [-0.4, -0.2) is 9.78 Å². The lowest BCUT2D eigenvalue weighted by Crippen LogP contribution is -1.95. The van der Waals surface area contributed by atoms with Gasteiger partial charge in [-0.2, -0.15) is 5.10 Å². The van der Waals surface area contributed by atoms with Crippen molar-refractivity contribution >= 4 is 10.9 Å². The van der Waals surface area contributed by atoms with E-state index in [1.54, 1.807) is 10.9 Å². The Bertz CT molecular complexity index is 507. The first-order valence-electron chi connectivity index (χ1n) is 4.25. The Kier molecular flexibility index (Phi) is 2.08. The number of aryl methyl sites for hydroxylation is 1. The lowest BCUT2D eigenvalue weighted by atomic mass is 10.1. The van der Waals surface area contributed by atoms with Crippen molar-refractivity contribution in [1.82, 2.24) is 9.78 Å². The molecule has 0 aliphatic rings. The van der Waals surface area contributed by atoms with Gasteiger partial charge in [0.2, 0.25) is 0 Å². The first kappa shape index (κ1) is 8.59. The molecule has 0 unspecified atom stereocenters. The molecule has 0 fully saturated rings. The molecule has 1 heterocycles. The molecule has 70 valence electrons. The van der Waals surface area contributed by atoms with Crippen molar-refractivity contribution in [2.75, 3.05) is 0 Å². The summed E-state index contributed by atoms with van der Waals surface area (Å²) in [7, 11) is 0. The third kappa shape index (κ3) is 1.30. The van der Waals surface area contributed by atoms with Crippen molar-refractivity contribution in [3.05, 3.63) is 40.4 Å². The van der Waals surface area contributed by atoms with Crippen LogP contribution in [0.5, 0.6) is 0 Å². The van der Waals surface area contributed by atoms with E-state index >= 15 is 0 Å². The molecule has 2 rings (SSSR count). The van der Waals surface area contributed by atoms with Gasteiger partial charge < -0.3 is 0 Å². The molecule has 0 saturated heterocycles. The van der Waals surface area contributed by atoms with Gasteiger partial charge in [-0.15, -0.1) is 0 Å². The molecule has 5 heteroatoms. The monoisotopic (exact) mass is 187 g/mol. The highest BCUT2D eigenvalue weighted by atomic mass is 15.3. The summed E-state index contributed by atoms with van der Waals surface area (Å²) in [6.45, 7) is 2.27. The minimum Gasteiger partial charge on any atom is -0.259 e. The highest BCUT2D eigenvalue weighted by molar-refractivity contribution is 5.81. The molecule has 0 atom stereocenters. The zero-order valence-electron chi connectivity index (χ0n) is 7.75. The van der Waals surface area contributed by atoms with Gasteiger partial charge in [-0.3, -0.25) is 4.68 Å². The fourth-order valence-corrected chi connectivity index (χ4v) is 1.45. The molecule has 0 radical (unpaired) electrons. The number of benzene rings is 1. The Morgan fingerprint density at radius 3 is 3.21 bits per heavy atom. The smallest absolute Gasteiger partial charge is 0.120 e. The number of hydrogen-bond acceptors (Lipinski definition) is 2. The number of hydrogen-bond donors (Lipinski definition) is 0. The lowest BCUT2D eigenvalue weighted by molar-refractivity contribution is 0.657. The standard InChI is InChI=1S/C9H9N5/c1-7-3-2-4-9-8(7)5-12-14(9)6-11-13-10/h2-5H,6H2,1H3. The van der Waals surface area contributed by atoms with Crippen molar-refractivity contribution in [3.8, 4) is 0 Å². The van der Waals surface area contributed by atoms with Gasteiger partial charge >= 0.3 is 0 Å². The van der Waals surface area contributed by atoms with Crippen LogP contribution in [0.3, 0.4) is 0 Å². The van der Waals surface area contributed by atoms with E-state index in [0.717, 1.165) is 10.9 Å². The van der Waals surface area contributed by atoms with Crippen LogP contribution < -0.4 is 0 Å². The summed E-state index contributed by atoms with van der Waals surface area (Å²) in [5.41, 5.74) is 10.4. The molecule has 0 aliphatic carbocycles. The van der Waals surface area contributed by atoms with Gasteiger partial charge in [0.15, 0.2) is 0 Å². The Labute approximate surface area is 80.6 Å². The molecular formula is C9H9N5. The fraction of sp³-hybridized carbons (Fsp3) is 0.222. The van der Waals surface area contributed by atoms with Crippen LogP contribution in [0.15, 0.2) is 29.5 Å². The summed E-state index contributed by atoms with van der Waals surface area (Å²) < 4.78 is 1.68. The maximum Gasteiger partial charge on any atom is 0.120 e. The number of azide groups is 1. The van der Waals surface area contributed by atoms with Gasteiger partial charge in [-0.1, -0.05) is 17.2 Å². The molecular weight excluding hydrogens is 178 g/mol. The molecule has 0 bridgehead atoms. The summed E-state index contributed by atoms with van der Waals surface area (Å²) in [5, 5.41) is 8.72. The van der Waals surface area contributed by atoms with E-state index < -0.39 is 0 Å². The van der Waals surface area contributed by atoms with Crippen molar-refractivity contribution in [2.24, 2.45) is 5.11 Å². The van der Waals surface area contributed by atoms with Gasteiger partial charge in [-0.25, -0.2) is 0 Å². The second-order valence-electron chi connectivity index (χ2n) is 3.02. The molecule has 0 spiro atoms. The van der Waals surface area contributed by atoms with Crippen molar-refractivity contribution in [1.29, 1.82) is 0 Å². The second kappa shape index (κ2) is 3.40. The third-order valence-corrected chi connectivity index (χ3v) is 2.17. The van der Waals surface area contributed by atoms with E-state index in [4.69, 9.17) is 5.53 Å². The van der Waals surface area contributed by atoms with E-state index in [1.165, 1.54) is 5.56 Å². The molecule has 0 N–H and O–H groups in total. The summed E-state index contributed by atoms with van der Waals surface area (Å²) in [4.78, 5) is 2.70. The Morgan fingerprint density at radius 1 is 1.57 bits per heavy atom. The maximum absolute atomic E-state index is 8.21. The molecule has 0 saturated carbocycles. The second-order valence-corrected chi connectivity index (χ2v) is 3.02. The molecule has 14 heavy (non-hydrogen) atoms. The Balaban J connectivity index is 2.57. The summed E-state index contributed by atoms with van der Waals surface area (Å²) >= 11 is 0. The zero-order valence-corrected chi connectivity index (χ0v) is 7.75. The van der Waals surface area contributed by atoms with Crippen molar-refractivity contribution < 1.29 is 0 Å². The number of fused-ring (bicyclic) bond motifs is 1. The van der Waals surface area contributed by atoms with E-state index in [2.05, 4.69) is 15.1 Å². The minimum atomic E-state index is 0.240. The predicted molar refractivity (Wildman–Crippen MR) is 53.6 cm³/mol. The third-order valence-electron chi connectivity index (χ3n) is 2.17. The van der Waals surface area contributed by atoms with Crippen LogP contribution in [0, 0.1) is 6.92 Å². The van der Waals surface area contributed by atoms with Crippen LogP contribution in [0.25, 0.3) is 21.3 Å². The van der Waals surface area contributed by atoms with Gasteiger partial charge in [0.1, 0.15) is 6.67 Å². The topological polar surface area (TPSA) is 66.6 Å². The first-order chi connectivity index (χ1) is 6.83. The zero-order chi connectivity index (χ0) is 9.97. The maximum atomic E-state index is 8.21. The van der Waals surface area contributed by atoms with Crippen LogP contribution in [0.4, 0.5) is 0 Å². The van der Waals surface area contributed by atoms with E-state index in [9.17, 15) is 0 Å². The van der Waals surface area contributed by atoms with Gasteiger partial charge in [-0.05, 0) is 24.1 Å². The van der Waals surface area contributed by atoms with Crippen LogP contribution >= 0.6 is 0 Å². The number of nitrogens with zero attached hydrogens (tertiary/aromatic N) is 5. The van der Waals surface area contributed by atoms with E-state index in [-0.39, 0.29) is 6.67 Å². The SMILES string of the molecule is Cc1cccc2c1cnn2CN=[N+]=[N-]. The molecule has 2 aromatic rings. The van der Waals surface area contributed by atoms with Gasteiger partial charge in [0, 0.05) is 10.3 Å².